The Morgan fingerprint density at radius 1 is 1.25 bits per heavy atom. The normalized spacial score (nSPS) is 14.8. The molecule has 0 saturated carbocycles. The minimum absolute atomic E-state index is 0.0883. The van der Waals surface area contributed by atoms with Crippen LogP contribution in [0.2, 0.25) is 0 Å². The van der Waals surface area contributed by atoms with E-state index in [1.807, 2.05) is 4.90 Å². The van der Waals surface area contributed by atoms with Crippen LogP contribution in [0.3, 0.4) is 0 Å². The first-order valence-electron chi connectivity index (χ1n) is 8.49. The summed E-state index contributed by atoms with van der Waals surface area (Å²) in [5.41, 5.74) is -0.244. The number of thioether (sulfide) groups is 1. The Balaban J connectivity index is 1.77. The fraction of sp³-hybridized carbons (Fsp3) is 0.333. The Bertz CT molecular complexity index is 842. The molecule has 1 saturated heterocycles. The molecule has 0 bridgehead atoms. The summed E-state index contributed by atoms with van der Waals surface area (Å²) in [6.45, 7) is 1.95. The quantitative estimate of drug-likeness (QED) is 0.464. The molecular weight excluding hydrogens is 395 g/mol. The number of rotatable bonds is 5. The molecular formula is C18H18F3N3O3S. The van der Waals surface area contributed by atoms with E-state index in [-0.39, 0.29) is 11.4 Å². The highest BCUT2D eigenvalue weighted by Gasteiger charge is 2.32. The minimum Gasteiger partial charge on any atom is -0.618 e. The Labute approximate surface area is 163 Å². The largest absolute Gasteiger partial charge is 0.618 e. The Kier molecular flexibility index (Phi) is 6.30. The lowest BCUT2D eigenvalue weighted by Crippen LogP contribution is -2.37. The maximum atomic E-state index is 13.1. The minimum atomic E-state index is -4.52. The molecule has 0 atom stereocenters. The highest BCUT2D eigenvalue weighted by Crippen LogP contribution is 2.35. The van der Waals surface area contributed by atoms with Gasteiger partial charge < -0.3 is 20.2 Å². The average Bonchev–Trinajstić information content (AvgIpc) is 2.67. The summed E-state index contributed by atoms with van der Waals surface area (Å²) in [5.74, 6) is -0.604. The number of carbonyl (C=O) groups is 1. The molecule has 0 unspecified atom stereocenters. The molecule has 1 aromatic heterocycles. The maximum absolute atomic E-state index is 13.1. The van der Waals surface area contributed by atoms with Crippen LogP contribution < -0.4 is 14.9 Å². The van der Waals surface area contributed by atoms with E-state index < -0.39 is 17.6 Å². The van der Waals surface area contributed by atoms with Crippen molar-refractivity contribution in [2.45, 2.75) is 11.2 Å². The lowest BCUT2D eigenvalue weighted by molar-refractivity contribution is -0.645. The second-order valence-corrected chi connectivity index (χ2v) is 7.03. The molecule has 2 heterocycles. The molecule has 28 heavy (non-hydrogen) atoms. The fourth-order valence-corrected chi connectivity index (χ4v) is 3.46. The molecule has 1 fully saturated rings. The van der Waals surface area contributed by atoms with E-state index >= 15 is 0 Å². The number of halogens is 3. The summed E-state index contributed by atoms with van der Waals surface area (Å²) >= 11 is 1.01. The number of amides is 1. The third-order valence-electron chi connectivity index (χ3n) is 4.09. The number of anilines is 2. The molecule has 0 aliphatic carbocycles. The van der Waals surface area contributed by atoms with Gasteiger partial charge in [0.25, 0.3) is 5.03 Å². The first kappa shape index (κ1) is 20.3. The summed E-state index contributed by atoms with van der Waals surface area (Å²) in [5, 5.41) is 14.5. The number of benzene rings is 1. The molecule has 150 valence electrons. The average molecular weight is 413 g/mol. The molecule has 1 aliphatic rings. The molecule has 10 heteroatoms. The SMILES string of the molecule is O=C(CSc1cccc[n+]1[O-])Nc1cc(C(F)(F)F)ccc1N1CCOCC1. The van der Waals surface area contributed by atoms with E-state index in [4.69, 9.17) is 4.74 Å². The lowest BCUT2D eigenvalue weighted by Gasteiger charge is -2.31. The third kappa shape index (κ3) is 5.08. The number of hydrogen-bond acceptors (Lipinski definition) is 5. The summed E-state index contributed by atoms with van der Waals surface area (Å²) in [7, 11) is 0. The van der Waals surface area contributed by atoms with E-state index in [0.717, 1.165) is 23.9 Å². The van der Waals surface area contributed by atoms with Crippen LogP contribution in [0.4, 0.5) is 24.5 Å². The summed E-state index contributed by atoms with van der Waals surface area (Å²) in [6.07, 6.45) is -3.21. The van der Waals surface area contributed by atoms with Gasteiger partial charge in [0.05, 0.1) is 35.9 Å². The van der Waals surface area contributed by atoms with Crippen LogP contribution in [0, 0.1) is 5.21 Å². The number of ether oxygens (including phenoxy) is 1. The van der Waals surface area contributed by atoms with Gasteiger partial charge in [0.15, 0.2) is 6.20 Å². The Morgan fingerprint density at radius 2 is 2.00 bits per heavy atom. The van der Waals surface area contributed by atoms with Gasteiger partial charge in [-0.25, -0.2) is 0 Å². The third-order valence-corrected chi connectivity index (χ3v) is 5.11. The van der Waals surface area contributed by atoms with Gasteiger partial charge in [0.2, 0.25) is 5.91 Å². The van der Waals surface area contributed by atoms with Crippen LogP contribution in [0.5, 0.6) is 0 Å². The summed E-state index contributed by atoms with van der Waals surface area (Å²) in [4.78, 5) is 14.2. The van der Waals surface area contributed by atoms with E-state index in [1.54, 1.807) is 18.2 Å². The molecule has 1 amide bonds. The number of alkyl halides is 3. The van der Waals surface area contributed by atoms with Crippen molar-refractivity contribution in [3.05, 3.63) is 53.4 Å². The fourth-order valence-electron chi connectivity index (χ4n) is 2.74. The van der Waals surface area contributed by atoms with Gasteiger partial charge in [-0.15, -0.1) is 0 Å². The highest BCUT2D eigenvalue weighted by atomic mass is 32.2. The monoisotopic (exact) mass is 413 g/mol. The van der Waals surface area contributed by atoms with Crippen molar-refractivity contribution in [2.75, 3.05) is 42.3 Å². The van der Waals surface area contributed by atoms with Gasteiger partial charge in [-0.2, -0.15) is 17.9 Å². The second kappa shape index (κ2) is 8.70. The van der Waals surface area contributed by atoms with Gasteiger partial charge in [-0.3, -0.25) is 4.79 Å². The van der Waals surface area contributed by atoms with Crippen molar-refractivity contribution in [3.8, 4) is 0 Å². The van der Waals surface area contributed by atoms with Gasteiger partial charge in [-0.1, -0.05) is 0 Å². The number of morpholine rings is 1. The molecule has 0 radical (unpaired) electrons. The van der Waals surface area contributed by atoms with E-state index in [0.29, 0.717) is 41.7 Å². The molecule has 3 rings (SSSR count). The van der Waals surface area contributed by atoms with Gasteiger partial charge in [-0.05, 0) is 36.0 Å². The standard InChI is InChI=1S/C18H18F3N3O3S/c19-18(20,21)13-4-5-15(23-7-9-27-10-8-23)14(11-13)22-16(25)12-28-17-3-1-2-6-24(17)26/h1-6,11H,7-10,12H2,(H,22,25). The van der Waals surface area contributed by atoms with Crippen LogP contribution in [-0.2, 0) is 15.7 Å². The van der Waals surface area contributed by atoms with Gasteiger partial charge in [0, 0.05) is 25.2 Å². The van der Waals surface area contributed by atoms with Crippen molar-refractivity contribution in [1.29, 1.82) is 0 Å². The number of aromatic nitrogens is 1. The zero-order valence-electron chi connectivity index (χ0n) is 14.7. The van der Waals surface area contributed by atoms with Crippen LogP contribution in [0.25, 0.3) is 0 Å². The van der Waals surface area contributed by atoms with Crippen LogP contribution in [-0.4, -0.2) is 38.0 Å². The van der Waals surface area contributed by atoms with Crippen molar-refractivity contribution in [2.24, 2.45) is 0 Å². The van der Waals surface area contributed by atoms with Gasteiger partial charge >= 0.3 is 6.18 Å². The lowest BCUT2D eigenvalue weighted by atomic mass is 10.1. The first-order valence-corrected chi connectivity index (χ1v) is 9.48. The Hall–Kier alpha value is -2.46. The van der Waals surface area contributed by atoms with Crippen LogP contribution in [0.1, 0.15) is 5.56 Å². The van der Waals surface area contributed by atoms with Gasteiger partial charge in [0.1, 0.15) is 0 Å². The number of carbonyl (C=O) groups excluding carboxylic acids is 1. The predicted molar refractivity (Wildman–Crippen MR) is 99.2 cm³/mol. The molecule has 1 aromatic carbocycles. The number of hydrogen-bond donors (Lipinski definition) is 1. The Morgan fingerprint density at radius 3 is 2.68 bits per heavy atom. The van der Waals surface area contributed by atoms with Crippen molar-refractivity contribution < 1.29 is 27.4 Å². The van der Waals surface area contributed by atoms with Crippen molar-refractivity contribution >= 4 is 29.0 Å². The molecule has 1 aliphatic heterocycles. The molecule has 6 nitrogen and oxygen atoms in total. The highest BCUT2D eigenvalue weighted by molar-refractivity contribution is 7.99. The predicted octanol–water partition coefficient (Wildman–Crippen LogP) is 2.91. The smallest absolute Gasteiger partial charge is 0.416 e. The maximum Gasteiger partial charge on any atom is 0.416 e. The van der Waals surface area contributed by atoms with E-state index in [1.165, 1.54) is 12.3 Å². The first-order chi connectivity index (χ1) is 13.3. The second-order valence-electron chi connectivity index (χ2n) is 6.03. The zero-order chi connectivity index (χ0) is 20.1. The number of nitrogens with one attached hydrogen (secondary N) is 1. The molecule has 1 N–H and O–H groups in total. The van der Waals surface area contributed by atoms with Crippen molar-refractivity contribution in [3.63, 3.8) is 0 Å². The van der Waals surface area contributed by atoms with E-state index in [9.17, 15) is 23.2 Å². The summed E-state index contributed by atoms with van der Waals surface area (Å²) in [6, 6.07) is 8.09. The molecule has 0 spiro atoms. The summed E-state index contributed by atoms with van der Waals surface area (Å²) < 4.78 is 45.2. The van der Waals surface area contributed by atoms with E-state index in [2.05, 4.69) is 5.32 Å². The molecule has 2 aromatic rings. The van der Waals surface area contributed by atoms with Crippen LogP contribution >= 0.6 is 11.8 Å². The topological polar surface area (TPSA) is 68.5 Å². The zero-order valence-corrected chi connectivity index (χ0v) is 15.6. The number of pyridine rings is 1. The van der Waals surface area contributed by atoms with Crippen LogP contribution in [0.15, 0.2) is 47.6 Å². The van der Waals surface area contributed by atoms with Crippen molar-refractivity contribution in [1.82, 2.24) is 0 Å². The number of nitrogens with zero attached hydrogens (tertiary/aromatic N) is 2.